The van der Waals surface area contributed by atoms with Gasteiger partial charge in [0.15, 0.2) is 5.82 Å². The van der Waals surface area contributed by atoms with E-state index in [-0.39, 0.29) is 12.1 Å². The number of hydrogen-bond acceptors (Lipinski definition) is 7. The SMILES string of the molecule is Fc1cnc(OC2CCN(c3nnc(C4CC4)s3)CC2)nc1. The number of aromatic nitrogens is 4. The molecule has 3 heterocycles. The van der Waals surface area contributed by atoms with Crippen LogP contribution in [0.2, 0.25) is 0 Å². The summed E-state index contributed by atoms with van der Waals surface area (Å²) in [7, 11) is 0. The molecule has 2 fully saturated rings. The highest BCUT2D eigenvalue weighted by molar-refractivity contribution is 7.15. The van der Waals surface area contributed by atoms with Crippen molar-refractivity contribution in [1.29, 1.82) is 0 Å². The Bertz CT molecular complexity index is 637. The van der Waals surface area contributed by atoms with Crippen molar-refractivity contribution in [2.75, 3.05) is 18.0 Å². The number of nitrogens with zero attached hydrogens (tertiary/aromatic N) is 5. The fourth-order valence-electron chi connectivity index (χ4n) is 2.52. The van der Waals surface area contributed by atoms with Gasteiger partial charge in [-0.25, -0.2) is 14.4 Å². The Morgan fingerprint density at radius 1 is 1.09 bits per heavy atom. The van der Waals surface area contributed by atoms with E-state index in [1.807, 2.05) is 0 Å². The van der Waals surface area contributed by atoms with E-state index in [1.54, 1.807) is 11.3 Å². The van der Waals surface area contributed by atoms with Crippen LogP contribution in [0.15, 0.2) is 12.4 Å². The summed E-state index contributed by atoms with van der Waals surface area (Å²) in [5.41, 5.74) is 0. The van der Waals surface area contributed by atoms with Gasteiger partial charge in [-0.1, -0.05) is 11.3 Å². The van der Waals surface area contributed by atoms with E-state index in [2.05, 4.69) is 25.1 Å². The first-order valence-electron chi connectivity index (χ1n) is 7.50. The largest absolute Gasteiger partial charge is 0.460 e. The summed E-state index contributed by atoms with van der Waals surface area (Å²) in [5, 5.41) is 10.8. The summed E-state index contributed by atoms with van der Waals surface area (Å²) in [6.45, 7) is 1.76. The van der Waals surface area contributed by atoms with Crippen molar-refractivity contribution in [3.05, 3.63) is 23.2 Å². The second-order valence-corrected chi connectivity index (χ2v) is 6.67. The van der Waals surface area contributed by atoms with Crippen LogP contribution in [0.5, 0.6) is 6.01 Å². The molecule has 0 radical (unpaired) electrons. The van der Waals surface area contributed by atoms with Crippen molar-refractivity contribution in [1.82, 2.24) is 20.2 Å². The molecule has 2 aliphatic rings. The van der Waals surface area contributed by atoms with E-state index >= 15 is 0 Å². The van der Waals surface area contributed by atoms with E-state index in [4.69, 9.17) is 4.74 Å². The lowest BCUT2D eigenvalue weighted by atomic mass is 10.1. The Morgan fingerprint density at radius 2 is 1.82 bits per heavy atom. The third-order valence-corrected chi connectivity index (χ3v) is 5.08. The zero-order valence-electron chi connectivity index (χ0n) is 12.0. The van der Waals surface area contributed by atoms with E-state index in [0.29, 0.717) is 5.92 Å². The first-order chi connectivity index (χ1) is 10.8. The number of anilines is 1. The molecule has 0 bridgehead atoms. The second kappa shape index (κ2) is 5.75. The van der Waals surface area contributed by atoms with Gasteiger partial charge in [-0.3, -0.25) is 0 Å². The van der Waals surface area contributed by atoms with Crippen LogP contribution in [0.25, 0.3) is 0 Å². The molecule has 8 heteroatoms. The lowest BCUT2D eigenvalue weighted by molar-refractivity contribution is 0.156. The predicted molar refractivity (Wildman–Crippen MR) is 79.7 cm³/mol. The van der Waals surface area contributed by atoms with Gasteiger partial charge >= 0.3 is 6.01 Å². The summed E-state index contributed by atoms with van der Waals surface area (Å²) >= 11 is 1.71. The van der Waals surface area contributed by atoms with Crippen molar-refractivity contribution in [3.63, 3.8) is 0 Å². The van der Waals surface area contributed by atoms with Crippen molar-refractivity contribution < 1.29 is 9.13 Å². The Morgan fingerprint density at radius 3 is 2.50 bits per heavy atom. The molecule has 1 saturated heterocycles. The minimum Gasteiger partial charge on any atom is -0.460 e. The fourth-order valence-corrected chi connectivity index (χ4v) is 3.59. The highest BCUT2D eigenvalue weighted by Crippen LogP contribution is 2.42. The zero-order valence-corrected chi connectivity index (χ0v) is 12.8. The molecular weight excluding hydrogens is 305 g/mol. The van der Waals surface area contributed by atoms with Gasteiger partial charge in [0, 0.05) is 31.8 Å². The average Bonchev–Trinajstić information content (AvgIpc) is 3.28. The smallest absolute Gasteiger partial charge is 0.316 e. The molecule has 0 unspecified atom stereocenters. The van der Waals surface area contributed by atoms with Gasteiger partial charge in [-0.2, -0.15) is 0 Å². The maximum atomic E-state index is 12.8. The van der Waals surface area contributed by atoms with E-state index in [1.165, 1.54) is 17.8 Å². The topological polar surface area (TPSA) is 64.0 Å². The fraction of sp³-hybridized carbons (Fsp3) is 0.571. The highest BCUT2D eigenvalue weighted by atomic mass is 32.1. The van der Waals surface area contributed by atoms with Crippen LogP contribution in [-0.4, -0.2) is 39.4 Å². The predicted octanol–water partition coefficient (Wildman–Crippen LogP) is 2.39. The Kier molecular flexibility index (Phi) is 3.61. The maximum Gasteiger partial charge on any atom is 0.316 e. The van der Waals surface area contributed by atoms with E-state index in [0.717, 1.165) is 43.5 Å². The molecule has 0 aromatic carbocycles. The molecule has 22 heavy (non-hydrogen) atoms. The summed E-state index contributed by atoms with van der Waals surface area (Å²) in [6, 6.07) is 0.242. The lowest BCUT2D eigenvalue weighted by Crippen LogP contribution is -2.38. The Hall–Kier alpha value is -1.83. The molecule has 1 aliphatic carbocycles. The maximum absolute atomic E-state index is 12.8. The van der Waals surface area contributed by atoms with Gasteiger partial charge in [-0.05, 0) is 12.8 Å². The highest BCUT2D eigenvalue weighted by Gasteiger charge is 2.29. The number of piperidine rings is 1. The van der Waals surface area contributed by atoms with Crippen LogP contribution in [0, 0.1) is 5.82 Å². The lowest BCUT2D eigenvalue weighted by Gasteiger charge is -2.30. The van der Waals surface area contributed by atoms with Gasteiger partial charge in [-0.15, -0.1) is 10.2 Å². The monoisotopic (exact) mass is 321 g/mol. The van der Waals surface area contributed by atoms with Crippen molar-refractivity contribution in [3.8, 4) is 6.01 Å². The Balaban J connectivity index is 1.32. The van der Waals surface area contributed by atoms with Crippen LogP contribution in [0.3, 0.4) is 0 Å². The molecule has 2 aromatic heterocycles. The quantitative estimate of drug-likeness (QED) is 0.861. The normalized spacial score (nSPS) is 19.4. The number of halogens is 1. The third-order valence-electron chi connectivity index (χ3n) is 3.94. The molecule has 0 amide bonds. The summed E-state index contributed by atoms with van der Waals surface area (Å²) < 4.78 is 18.5. The molecule has 0 spiro atoms. The van der Waals surface area contributed by atoms with Gasteiger partial charge in [0.1, 0.15) is 11.1 Å². The standard InChI is InChI=1S/C14H16FN5OS/c15-10-7-16-13(17-8-10)21-11-3-5-20(6-4-11)14-19-18-12(22-14)9-1-2-9/h7-9,11H,1-6H2. The second-order valence-electron chi connectivity index (χ2n) is 5.69. The van der Waals surface area contributed by atoms with Crippen molar-refractivity contribution in [2.45, 2.75) is 37.7 Å². The van der Waals surface area contributed by atoms with Gasteiger partial charge in [0.25, 0.3) is 0 Å². The van der Waals surface area contributed by atoms with Gasteiger partial charge in [0.2, 0.25) is 5.13 Å². The first-order valence-corrected chi connectivity index (χ1v) is 8.32. The number of rotatable bonds is 4. The molecule has 116 valence electrons. The van der Waals surface area contributed by atoms with Crippen LogP contribution in [0.1, 0.15) is 36.6 Å². The Labute approximate surface area is 131 Å². The molecule has 4 rings (SSSR count). The van der Waals surface area contributed by atoms with E-state index < -0.39 is 5.82 Å². The van der Waals surface area contributed by atoms with Crippen molar-refractivity contribution >= 4 is 16.5 Å². The number of hydrogen-bond donors (Lipinski definition) is 0. The number of ether oxygens (including phenoxy) is 1. The zero-order chi connectivity index (χ0) is 14.9. The van der Waals surface area contributed by atoms with Crippen molar-refractivity contribution in [2.24, 2.45) is 0 Å². The minimum absolute atomic E-state index is 0.0672. The van der Waals surface area contributed by atoms with E-state index in [9.17, 15) is 4.39 Å². The van der Waals surface area contributed by atoms with Crippen LogP contribution in [0.4, 0.5) is 9.52 Å². The van der Waals surface area contributed by atoms with Crippen LogP contribution >= 0.6 is 11.3 Å². The van der Waals surface area contributed by atoms with Gasteiger partial charge in [0.05, 0.1) is 12.4 Å². The molecule has 1 saturated carbocycles. The van der Waals surface area contributed by atoms with Crippen LogP contribution < -0.4 is 9.64 Å². The molecule has 2 aromatic rings. The summed E-state index contributed by atoms with van der Waals surface area (Å²) in [4.78, 5) is 9.93. The molecule has 1 aliphatic heterocycles. The third kappa shape index (κ3) is 3.01. The minimum atomic E-state index is -0.454. The first kappa shape index (κ1) is 13.8. The van der Waals surface area contributed by atoms with Crippen LogP contribution in [-0.2, 0) is 0 Å². The molecule has 0 atom stereocenters. The average molecular weight is 321 g/mol. The molecular formula is C14H16FN5OS. The molecule has 6 nitrogen and oxygen atoms in total. The summed E-state index contributed by atoms with van der Waals surface area (Å²) in [6.07, 6.45) is 6.57. The van der Waals surface area contributed by atoms with Gasteiger partial charge < -0.3 is 9.64 Å². The summed E-state index contributed by atoms with van der Waals surface area (Å²) in [5.74, 6) is 0.202. The molecule has 0 N–H and O–H groups in total.